The molecule has 0 radical (unpaired) electrons. The smallest absolute Gasteiger partial charge is 0.265 e. The van der Waals surface area contributed by atoms with Crippen molar-refractivity contribution in [2.45, 2.75) is 19.8 Å². The number of amides is 1. The number of carbonyl (C=O) groups excluding carboxylic acids is 1. The van der Waals surface area contributed by atoms with Gasteiger partial charge in [-0.2, -0.15) is 0 Å². The van der Waals surface area contributed by atoms with E-state index < -0.39 is 0 Å². The average Bonchev–Trinajstić information content (AvgIpc) is 2.55. The summed E-state index contributed by atoms with van der Waals surface area (Å²) in [5.41, 5.74) is 2.67. The number of unbranched alkanes of at least 4 members (excludes halogenated alkanes) is 1. The van der Waals surface area contributed by atoms with Gasteiger partial charge in [-0.05, 0) is 29.7 Å². The number of halogens is 1. The fraction of sp³-hybridized carbons (Fsp3) is 0.235. The van der Waals surface area contributed by atoms with Gasteiger partial charge in [0.25, 0.3) is 5.91 Å². The molecule has 0 saturated heterocycles. The van der Waals surface area contributed by atoms with E-state index in [2.05, 4.69) is 0 Å². The first-order valence-corrected chi connectivity index (χ1v) is 7.35. The van der Waals surface area contributed by atoms with Crippen LogP contribution in [0.2, 0.25) is 0 Å². The zero-order valence-corrected chi connectivity index (χ0v) is 12.7. The van der Waals surface area contributed by atoms with Crippen LogP contribution in [0.5, 0.6) is 0 Å². The van der Waals surface area contributed by atoms with Crippen LogP contribution in [0.15, 0.2) is 54.6 Å². The minimum atomic E-state index is -0.354. The average molecular weight is 304 g/mol. The van der Waals surface area contributed by atoms with Crippen LogP contribution in [0.25, 0.3) is 11.1 Å². The molecule has 0 aliphatic heterocycles. The van der Waals surface area contributed by atoms with E-state index >= 15 is 0 Å². The van der Waals surface area contributed by atoms with Gasteiger partial charge in [0, 0.05) is 17.3 Å². The zero-order valence-electron chi connectivity index (χ0n) is 12.0. The van der Waals surface area contributed by atoms with Gasteiger partial charge in [-0.1, -0.05) is 55.8 Å². The largest absolute Gasteiger partial charge is 0.292 e. The van der Waals surface area contributed by atoms with Crippen LogP contribution in [0.4, 0.5) is 0 Å². The molecule has 0 aromatic heterocycles. The van der Waals surface area contributed by atoms with Gasteiger partial charge in [-0.15, -0.1) is 4.58 Å². The molecule has 1 amide bonds. The third kappa shape index (κ3) is 4.31. The maximum absolute atomic E-state index is 12.1. The molecule has 0 atom stereocenters. The molecule has 0 spiro atoms. The van der Waals surface area contributed by atoms with Crippen LogP contribution in [0.3, 0.4) is 0 Å². The van der Waals surface area contributed by atoms with Crippen LogP contribution in [0.1, 0.15) is 30.1 Å². The predicted octanol–water partition coefficient (Wildman–Crippen LogP) is 4.68. The molecular weight excluding hydrogens is 286 g/mol. The molecule has 4 heteroatoms. The Morgan fingerprint density at radius 1 is 1.05 bits per heavy atom. The molecular formula is C17H18ClNO2. The number of nitrogens with zero attached hydrogens (tertiary/aromatic N) is 1. The fourth-order valence-electron chi connectivity index (χ4n) is 1.89. The molecule has 21 heavy (non-hydrogen) atoms. The molecule has 0 N–H and O–H groups in total. The highest BCUT2D eigenvalue weighted by molar-refractivity contribution is 6.23. The molecule has 0 fully saturated rings. The van der Waals surface area contributed by atoms with Crippen molar-refractivity contribution in [2.24, 2.45) is 0 Å². The van der Waals surface area contributed by atoms with Crippen molar-refractivity contribution in [3.8, 4) is 11.1 Å². The third-order valence-corrected chi connectivity index (χ3v) is 3.35. The molecule has 0 heterocycles. The Morgan fingerprint density at radius 2 is 1.67 bits per heavy atom. The van der Waals surface area contributed by atoms with E-state index in [9.17, 15) is 4.79 Å². The van der Waals surface area contributed by atoms with E-state index in [-0.39, 0.29) is 5.91 Å². The van der Waals surface area contributed by atoms with Crippen LogP contribution in [-0.4, -0.2) is 17.1 Å². The molecule has 2 rings (SSSR count). The summed E-state index contributed by atoms with van der Waals surface area (Å²) in [4.78, 5) is 17.2. The molecule has 0 unspecified atom stereocenters. The second-order valence-corrected chi connectivity index (χ2v) is 4.99. The molecule has 2 aromatic rings. The van der Waals surface area contributed by atoms with Crippen molar-refractivity contribution in [2.75, 3.05) is 6.61 Å². The van der Waals surface area contributed by atoms with Gasteiger partial charge < -0.3 is 0 Å². The highest BCUT2D eigenvalue weighted by Gasteiger charge is 2.14. The summed E-state index contributed by atoms with van der Waals surface area (Å²) in [7, 11) is 0. The molecule has 0 aliphatic rings. The van der Waals surface area contributed by atoms with Crippen molar-refractivity contribution in [1.29, 1.82) is 0 Å². The van der Waals surface area contributed by atoms with Gasteiger partial charge in [0.15, 0.2) is 0 Å². The van der Waals surface area contributed by atoms with Crippen LogP contribution in [0, 0.1) is 0 Å². The van der Waals surface area contributed by atoms with Gasteiger partial charge in [0.2, 0.25) is 0 Å². The van der Waals surface area contributed by atoms with Crippen molar-refractivity contribution < 1.29 is 9.63 Å². The Morgan fingerprint density at radius 3 is 2.29 bits per heavy atom. The number of hydrogen-bond acceptors (Lipinski definition) is 2. The number of hydroxylamine groups is 1. The van der Waals surface area contributed by atoms with E-state index in [1.165, 1.54) is 0 Å². The lowest BCUT2D eigenvalue weighted by molar-refractivity contribution is -0.0596. The maximum Gasteiger partial charge on any atom is 0.292 e. The summed E-state index contributed by atoms with van der Waals surface area (Å²) >= 11 is 5.82. The standard InChI is InChI=1S/C17H18ClNO2/c1-2-3-13-21-19(18)17(20)16-11-9-15(10-12-16)14-7-5-4-6-8-14/h4-12H,2-3,13H2,1H3. The van der Waals surface area contributed by atoms with Gasteiger partial charge >= 0.3 is 0 Å². The number of hydrogen-bond donors (Lipinski definition) is 0. The van der Waals surface area contributed by atoms with Crippen LogP contribution >= 0.6 is 11.8 Å². The van der Waals surface area contributed by atoms with Crippen LogP contribution in [-0.2, 0) is 4.84 Å². The van der Waals surface area contributed by atoms with Gasteiger partial charge in [-0.3, -0.25) is 9.63 Å². The second kappa shape index (κ2) is 7.81. The first kappa shape index (κ1) is 15.5. The predicted molar refractivity (Wildman–Crippen MR) is 84.8 cm³/mol. The van der Waals surface area contributed by atoms with Crippen LogP contribution < -0.4 is 0 Å². The van der Waals surface area contributed by atoms with Gasteiger partial charge in [-0.25, -0.2) is 0 Å². The quantitative estimate of drug-likeness (QED) is 0.440. The maximum atomic E-state index is 12.1. The van der Waals surface area contributed by atoms with E-state index in [1.807, 2.05) is 49.4 Å². The lowest BCUT2D eigenvalue weighted by Gasteiger charge is -2.13. The van der Waals surface area contributed by atoms with Gasteiger partial charge in [0.1, 0.15) is 0 Å². The SMILES string of the molecule is CCCCON(Cl)C(=O)c1ccc(-c2ccccc2)cc1. The van der Waals surface area contributed by atoms with E-state index in [1.54, 1.807) is 12.1 Å². The Kier molecular flexibility index (Phi) is 5.78. The van der Waals surface area contributed by atoms with E-state index in [4.69, 9.17) is 16.6 Å². The summed E-state index contributed by atoms with van der Waals surface area (Å²) in [5, 5.41) is 0. The zero-order chi connectivity index (χ0) is 15.1. The summed E-state index contributed by atoms with van der Waals surface area (Å²) < 4.78 is 0.785. The molecule has 0 saturated carbocycles. The third-order valence-electron chi connectivity index (χ3n) is 3.10. The summed E-state index contributed by atoms with van der Waals surface area (Å²) in [6.45, 7) is 2.49. The summed E-state index contributed by atoms with van der Waals surface area (Å²) in [6, 6.07) is 17.3. The Labute approximate surface area is 130 Å². The van der Waals surface area contributed by atoms with Crippen molar-refractivity contribution in [3.05, 3.63) is 60.2 Å². The highest BCUT2D eigenvalue weighted by atomic mass is 35.5. The Balaban J connectivity index is 2.03. The van der Waals surface area contributed by atoms with E-state index in [0.29, 0.717) is 12.2 Å². The molecule has 0 aliphatic carbocycles. The topological polar surface area (TPSA) is 29.5 Å². The summed E-state index contributed by atoms with van der Waals surface area (Å²) in [6.07, 6.45) is 1.86. The monoisotopic (exact) mass is 303 g/mol. The minimum Gasteiger partial charge on any atom is -0.265 e. The highest BCUT2D eigenvalue weighted by Crippen LogP contribution is 2.20. The van der Waals surface area contributed by atoms with Crippen molar-refractivity contribution in [3.63, 3.8) is 0 Å². The lowest BCUT2D eigenvalue weighted by atomic mass is 10.0. The van der Waals surface area contributed by atoms with E-state index in [0.717, 1.165) is 28.6 Å². The molecule has 3 nitrogen and oxygen atoms in total. The second-order valence-electron chi connectivity index (χ2n) is 4.68. The van der Waals surface area contributed by atoms with Gasteiger partial charge in [0.05, 0.1) is 6.61 Å². The Bertz CT molecular complexity index is 569. The Hall–Kier alpha value is -1.84. The molecule has 110 valence electrons. The van der Waals surface area contributed by atoms with Crippen molar-refractivity contribution >= 4 is 17.7 Å². The lowest BCUT2D eigenvalue weighted by Crippen LogP contribution is -2.22. The number of rotatable bonds is 6. The number of carbonyl (C=O) groups is 1. The first-order chi connectivity index (χ1) is 10.2. The summed E-state index contributed by atoms with van der Waals surface area (Å²) in [5.74, 6) is -0.354. The normalized spacial score (nSPS) is 10.4. The minimum absolute atomic E-state index is 0.354. The number of benzene rings is 2. The fourth-order valence-corrected chi connectivity index (χ4v) is 2.05. The molecule has 2 aromatic carbocycles. The molecule has 0 bridgehead atoms. The first-order valence-electron chi connectivity index (χ1n) is 7.01. The van der Waals surface area contributed by atoms with Crippen molar-refractivity contribution in [1.82, 2.24) is 4.58 Å².